The van der Waals surface area contributed by atoms with Crippen molar-refractivity contribution in [1.82, 2.24) is 10.2 Å². The number of nitrogens with one attached hydrogen (secondary N) is 1. The molecule has 2 atom stereocenters. The summed E-state index contributed by atoms with van der Waals surface area (Å²) in [5, 5.41) is 3.52. The molecule has 1 N–H and O–H groups in total. The fraction of sp³-hybridized carbons (Fsp3) is 1.00. The molecule has 3 heteroatoms. The van der Waals surface area contributed by atoms with E-state index in [2.05, 4.69) is 38.0 Å². The van der Waals surface area contributed by atoms with Crippen molar-refractivity contribution in [3.8, 4) is 0 Å². The molecule has 0 radical (unpaired) electrons. The van der Waals surface area contributed by atoms with Crippen LogP contribution in [0.4, 0.5) is 0 Å². The zero-order chi connectivity index (χ0) is 11.5. The maximum absolute atomic E-state index is 5.35. The Balaban J connectivity index is 2.36. The topological polar surface area (TPSA) is 24.5 Å². The Morgan fingerprint density at radius 1 is 1.47 bits per heavy atom. The van der Waals surface area contributed by atoms with Crippen LogP contribution in [0.5, 0.6) is 0 Å². The van der Waals surface area contributed by atoms with Crippen LogP contribution in [0.25, 0.3) is 0 Å². The van der Waals surface area contributed by atoms with Gasteiger partial charge in [-0.2, -0.15) is 0 Å². The second-order valence-corrected chi connectivity index (χ2v) is 5.25. The third-order valence-corrected chi connectivity index (χ3v) is 3.91. The Kier molecular flexibility index (Phi) is 4.56. The first-order chi connectivity index (χ1) is 6.99. The van der Waals surface area contributed by atoms with Crippen molar-refractivity contribution in [1.29, 1.82) is 0 Å². The number of likely N-dealkylation sites (N-methyl/N-ethyl adjacent to an activating group) is 1. The minimum atomic E-state index is 0.298. The molecule has 1 rings (SSSR count). The molecule has 2 unspecified atom stereocenters. The van der Waals surface area contributed by atoms with E-state index in [9.17, 15) is 0 Å². The lowest BCUT2D eigenvalue weighted by Crippen LogP contribution is -2.46. The van der Waals surface area contributed by atoms with Crippen LogP contribution in [0.2, 0.25) is 0 Å². The summed E-state index contributed by atoms with van der Waals surface area (Å²) >= 11 is 0. The summed E-state index contributed by atoms with van der Waals surface area (Å²) in [5.74, 6) is 0. The molecule has 1 aliphatic rings. The molecular formula is C12H26N2O. The first-order valence-electron chi connectivity index (χ1n) is 5.97. The average Bonchev–Trinajstić information content (AvgIpc) is 2.65. The number of rotatable bonds is 5. The van der Waals surface area contributed by atoms with E-state index in [0.717, 1.165) is 19.5 Å². The summed E-state index contributed by atoms with van der Waals surface area (Å²) in [4.78, 5) is 2.45. The van der Waals surface area contributed by atoms with Gasteiger partial charge in [0, 0.05) is 31.8 Å². The molecule has 0 aliphatic carbocycles. The molecular weight excluding hydrogens is 188 g/mol. The summed E-state index contributed by atoms with van der Waals surface area (Å²) in [6.45, 7) is 8.96. The van der Waals surface area contributed by atoms with Crippen molar-refractivity contribution in [2.24, 2.45) is 0 Å². The van der Waals surface area contributed by atoms with Gasteiger partial charge in [-0.15, -0.1) is 0 Å². The van der Waals surface area contributed by atoms with Crippen molar-refractivity contribution >= 4 is 0 Å². The second kappa shape index (κ2) is 5.28. The number of nitrogens with zero attached hydrogens (tertiary/aromatic N) is 1. The van der Waals surface area contributed by atoms with Crippen LogP contribution in [-0.2, 0) is 4.74 Å². The van der Waals surface area contributed by atoms with Crippen LogP contribution in [0, 0.1) is 0 Å². The molecule has 0 saturated carbocycles. The Morgan fingerprint density at radius 2 is 2.13 bits per heavy atom. The molecule has 90 valence electrons. The SMILES string of the molecule is CCC(C)(C)N(C)CC1CC(OC)CN1. The maximum atomic E-state index is 5.35. The molecule has 0 spiro atoms. The van der Waals surface area contributed by atoms with Gasteiger partial charge in [0.2, 0.25) is 0 Å². The summed E-state index contributed by atoms with van der Waals surface area (Å²) in [7, 11) is 4.01. The summed E-state index contributed by atoms with van der Waals surface area (Å²) in [6.07, 6.45) is 2.73. The van der Waals surface area contributed by atoms with Crippen LogP contribution < -0.4 is 5.32 Å². The monoisotopic (exact) mass is 214 g/mol. The smallest absolute Gasteiger partial charge is 0.0711 e. The van der Waals surface area contributed by atoms with Gasteiger partial charge in [-0.05, 0) is 33.7 Å². The van der Waals surface area contributed by atoms with Crippen molar-refractivity contribution in [2.45, 2.75) is 51.3 Å². The molecule has 0 aromatic carbocycles. The van der Waals surface area contributed by atoms with Gasteiger partial charge < -0.3 is 10.1 Å². The first-order valence-corrected chi connectivity index (χ1v) is 5.97. The summed E-state index contributed by atoms with van der Waals surface area (Å²) in [5.41, 5.74) is 0.298. The Hall–Kier alpha value is -0.120. The third kappa shape index (κ3) is 3.44. The molecule has 0 aromatic rings. The molecule has 0 amide bonds. The highest BCUT2D eigenvalue weighted by Gasteiger charge is 2.28. The van der Waals surface area contributed by atoms with Gasteiger partial charge >= 0.3 is 0 Å². The third-order valence-electron chi connectivity index (χ3n) is 3.91. The van der Waals surface area contributed by atoms with Gasteiger partial charge in [-0.1, -0.05) is 6.92 Å². The molecule has 3 nitrogen and oxygen atoms in total. The van der Waals surface area contributed by atoms with Crippen molar-refractivity contribution in [3.05, 3.63) is 0 Å². The standard InChI is InChI=1S/C12H26N2O/c1-6-12(2,3)14(4)9-10-7-11(15-5)8-13-10/h10-11,13H,6-9H2,1-5H3. The molecule has 1 heterocycles. The number of methoxy groups -OCH3 is 1. The number of hydrogen-bond donors (Lipinski definition) is 1. The van der Waals surface area contributed by atoms with Crippen LogP contribution in [0.1, 0.15) is 33.6 Å². The van der Waals surface area contributed by atoms with E-state index >= 15 is 0 Å². The van der Waals surface area contributed by atoms with Gasteiger partial charge in [-0.25, -0.2) is 0 Å². The van der Waals surface area contributed by atoms with Gasteiger partial charge in [0.15, 0.2) is 0 Å². The highest BCUT2D eigenvalue weighted by Crippen LogP contribution is 2.19. The summed E-state index contributed by atoms with van der Waals surface area (Å²) in [6, 6.07) is 0.589. The van der Waals surface area contributed by atoms with E-state index in [1.165, 1.54) is 6.42 Å². The Bertz CT molecular complexity index is 194. The van der Waals surface area contributed by atoms with Crippen LogP contribution >= 0.6 is 0 Å². The van der Waals surface area contributed by atoms with Crippen LogP contribution in [0.3, 0.4) is 0 Å². The molecule has 1 fully saturated rings. The highest BCUT2D eigenvalue weighted by atomic mass is 16.5. The van der Waals surface area contributed by atoms with Crippen molar-refractivity contribution in [2.75, 3.05) is 27.2 Å². The van der Waals surface area contributed by atoms with E-state index in [1.807, 2.05) is 0 Å². The normalized spacial score (nSPS) is 27.6. The molecule has 1 aliphatic heterocycles. The lowest BCUT2D eigenvalue weighted by molar-refractivity contribution is 0.109. The zero-order valence-corrected chi connectivity index (χ0v) is 10.8. The number of ether oxygens (including phenoxy) is 1. The van der Waals surface area contributed by atoms with E-state index in [1.54, 1.807) is 7.11 Å². The first kappa shape index (κ1) is 12.9. The highest BCUT2D eigenvalue weighted by molar-refractivity contribution is 4.87. The lowest BCUT2D eigenvalue weighted by atomic mass is 9.99. The van der Waals surface area contributed by atoms with Gasteiger partial charge in [0.25, 0.3) is 0 Å². The van der Waals surface area contributed by atoms with E-state index in [0.29, 0.717) is 17.7 Å². The van der Waals surface area contributed by atoms with Crippen molar-refractivity contribution in [3.63, 3.8) is 0 Å². The quantitative estimate of drug-likeness (QED) is 0.750. The Morgan fingerprint density at radius 3 is 2.60 bits per heavy atom. The molecule has 0 aromatic heterocycles. The fourth-order valence-electron chi connectivity index (χ4n) is 1.95. The number of hydrogen-bond acceptors (Lipinski definition) is 3. The predicted octanol–water partition coefficient (Wildman–Crippen LogP) is 1.48. The lowest BCUT2D eigenvalue weighted by Gasteiger charge is -2.36. The van der Waals surface area contributed by atoms with E-state index in [-0.39, 0.29) is 0 Å². The average molecular weight is 214 g/mol. The minimum Gasteiger partial charge on any atom is -0.380 e. The molecule has 1 saturated heterocycles. The molecule has 15 heavy (non-hydrogen) atoms. The zero-order valence-electron chi connectivity index (χ0n) is 10.8. The second-order valence-electron chi connectivity index (χ2n) is 5.25. The minimum absolute atomic E-state index is 0.298. The van der Waals surface area contributed by atoms with Gasteiger partial charge in [0.1, 0.15) is 0 Å². The fourth-order valence-corrected chi connectivity index (χ4v) is 1.95. The van der Waals surface area contributed by atoms with Crippen LogP contribution in [0.15, 0.2) is 0 Å². The maximum Gasteiger partial charge on any atom is 0.0711 e. The predicted molar refractivity (Wildman–Crippen MR) is 64.2 cm³/mol. The summed E-state index contributed by atoms with van der Waals surface area (Å²) < 4.78 is 5.35. The van der Waals surface area contributed by atoms with Gasteiger partial charge in [-0.3, -0.25) is 4.90 Å². The largest absolute Gasteiger partial charge is 0.380 e. The molecule has 0 bridgehead atoms. The van der Waals surface area contributed by atoms with E-state index < -0.39 is 0 Å². The van der Waals surface area contributed by atoms with E-state index in [4.69, 9.17) is 4.74 Å². The van der Waals surface area contributed by atoms with Gasteiger partial charge in [0.05, 0.1) is 6.10 Å². The Labute approximate surface area is 94.2 Å². The van der Waals surface area contributed by atoms with Crippen molar-refractivity contribution < 1.29 is 4.74 Å². The van der Waals surface area contributed by atoms with Crippen LogP contribution in [-0.4, -0.2) is 49.8 Å².